The molecule has 2 aromatic heterocycles. The molecule has 1 aromatic carbocycles. The molecule has 0 amide bonds. The van der Waals surface area contributed by atoms with Crippen LogP contribution in [0.3, 0.4) is 0 Å². The molecular weight excluding hydrogens is 334 g/mol. The SMILES string of the molecule is C=C(C)CCCn1c(Sc2ccc(OC)cc2)nc2c(N)ncnc21. The molecule has 3 aromatic rings. The molecule has 3 rings (SSSR count). The van der Waals surface area contributed by atoms with Crippen LogP contribution in [-0.4, -0.2) is 26.6 Å². The second-order valence-electron chi connectivity index (χ2n) is 5.82. The van der Waals surface area contributed by atoms with Crippen LogP contribution in [0.2, 0.25) is 0 Å². The van der Waals surface area contributed by atoms with Crippen LogP contribution in [0, 0.1) is 0 Å². The number of imidazole rings is 1. The van der Waals surface area contributed by atoms with Crippen LogP contribution in [-0.2, 0) is 6.54 Å². The lowest BCUT2D eigenvalue weighted by Gasteiger charge is -2.08. The van der Waals surface area contributed by atoms with E-state index in [4.69, 9.17) is 10.5 Å². The monoisotopic (exact) mass is 355 g/mol. The van der Waals surface area contributed by atoms with Crippen LogP contribution >= 0.6 is 11.8 Å². The van der Waals surface area contributed by atoms with Gasteiger partial charge in [0.1, 0.15) is 12.1 Å². The molecule has 0 aliphatic rings. The third-order valence-electron chi connectivity index (χ3n) is 3.78. The van der Waals surface area contributed by atoms with E-state index >= 15 is 0 Å². The summed E-state index contributed by atoms with van der Waals surface area (Å²) in [7, 11) is 1.66. The van der Waals surface area contributed by atoms with E-state index < -0.39 is 0 Å². The molecule has 7 heteroatoms. The van der Waals surface area contributed by atoms with Crippen molar-refractivity contribution in [2.45, 2.75) is 36.4 Å². The minimum Gasteiger partial charge on any atom is -0.497 e. The molecule has 0 aliphatic carbocycles. The van der Waals surface area contributed by atoms with Gasteiger partial charge < -0.3 is 15.0 Å². The maximum Gasteiger partial charge on any atom is 0.175 e. The van der Waals surface area contributed by atoms with Crippen LogP contribution in [0.15, 0.2) is 52.8 Å². The Morgan fingerprint density at radius 1 is 1.28 bits per heavy atom. The van der Waals surface area contributed by atoms with Gasteiger partial charge in [0.2, 0.25) is 0 Å². The number of nitrogens with zero attached hydrogens (tertiary/aromatic N) is 4. The molecule has 0 unspecified atom stereocenters. The number of anilines is 1. The number of ether oxygens (including phenoxy) is 1. The van der Waals surface area contributed by atoms with Crippen molar-refractivity contribution in [3.05, 3.63) is 42.7 Å². The van der Waals surface area contributed by atoms with Gasteiger partial charge in [-0.05, 0) is 44.0 Å². The largest absolute Gasteiger partial charge is 0.497 e. The first-order valence-electron chi connectivity index (χ1n) is 8.01. The maximum absolute atomic E-state index is 5.98. The quantitative estimate of drug-likeness (QED) is 0.647. The van der Waals surface area contributed by atoms with E-state index in [1.807, 2.05) is 31.2 Å². The van der Waals surface area contributed by atoms with Gasteiger partial charge in [0.25, 0.3) is 0 Å². The Morgan fingerprint density at radius 3 is 2.72 bits per heavy atom. The van der Waals surface area contributed by atoms with Gasteiger partial charge >= 0.3 is 0 Å². The van der Waals surface area contributed by atoms with Gasteiger partial charge in [-0.1, -0.05) is 17.3 Å². The lowest BCUT2D eigenvalue weighted by Crippen LogP contribution is -2.02. The normalized spacial score (nSPS) is 11.0. The molecule has 2 N–H and O–H groups in total. The highest BCUT2D eigenvalue weighted by atomic mass is 32.2. The molecule has 130 valence electrons. The van der Waals surface area contributed by atoms with E-state index in [1.54, 1.807) is 18.9 Å². The summed E-state index contributed by atoms with van der Waals surface area (Å²) < 4.78 is 7.31. The van der Waals surface area contributed by atoms with Crippen molar-refractivity contribution in [1.29, 1.82) is 0 Å². The van der Waals surface area contributed by atoms with Crippen molar-refractivity contribution in [1.82, 2.24) is 19.5 Å². The van der Waals surface area contributed by atoms with E-state index in [0.29, 0.717) is 11.3 Å². The number of fused-ring (bicyclic) bond motifs is 1. The Labute approximate surface area is 151 Å². The van der Waals surface area contributed by atoms with Gasteiger partial charge in [-0.3, -0.25) is 0 Å². The summed E-state index contributed by atoms with van der Waals surface area (Å²) in [6.07, 6.45) is 3.42. The van der Waals surface area contributed by atoms with Crippen LogP contribution in [0.1, 0.15) is 19.8 Å². The number of methoxy groups -OCH3 is 1. The van der Waals surface area contributed by atoms with Crippen LogP contribution < -0.4 is 10.5 Å². The van der Waals surface area contributed by atoms with E-state index in [-0.39, 0.29) is 0 Å². The molecule has 0 bridgehead atoms. The summed E-state index contributed by atoms with van der Waals surface area (Å²) >= 11 is 1.58. The van der Waals surface area contributed by atoms with Crippen molar-refractivity contribution in [3.63, 3.8) is 0 Å². The zero-order chi connectivity index (χ0) is 17.8. The van der Waals surface area contributed by atoms with Crippen molar-refractivity contribution in [3.8, 4) is 5.75 Å². The number of allylic oxidation sites excluding steroid dienone is 1. The Morgan fingerprint density at radius 2 is 2.04 bits per heavy atom. The van der Waals surface area contributed by atoms with E-state index in [2.05, 4.69) is 26.1 Å². The summed E-state index contributed by atoms with van der Waals surface area (Å²) in [5, 5.41) is 0.856. The second-order valence-corrected chi connectivity index (χ2v) is 6.86. The highest BCUT2D eigenvalue weighted by Gasteiger charge is 2.15. The van der Waals surface area contributed by atoms with Gasteiger partial charge in [-0.2, -0.15) is 0 Å². The third-order valence-corrected chi connectivity index (χ3v) is 4.78. The minimum absolute atomic E-state index is 0.403. The van der Waals surface area contributed by atoms with Gasteiger partial charge in [-0.15, -0.1) is 6.58 Å². The van der Waals surface area contributed by atoms with Crippen LogP contribution in [0.5, 0.6) is 5.75 Å². The van der Waals surface area contributed by atoms with Gasteiger partial charge in [0.15, 0.2) is 22.1 Å². The summed E-state index contributed by atoms with van der Waals surface area (Å²) in [4.78, 5) is 14.2. The van der Waals surface area contributed by atoms with Gasteiger partial charge in [0.05, 0.1) is 7.11 Å². The average molecular weight is 355 g/mol. The van der Waals surface area contributed by atoms with Gasteiger partial charge in [0, 0.05) is 11.4 Å². The number of hydrogen-bond donors (Lipinski definition) is 1. The van der Waals surface area contributed by atoms with Gasteiger partial charge in [-0.25, -0.2) is 15.0 Å². The summed E-state index contributed by atoms with van der Waals surface area (Å²) in [6, 6.07) is 7.89. The highest BCUT2D eigenvalue weighted by molar-refractivity contribution is 7.99. The average Bonchev–Trinajstić information content (AvgIpc) is 2.94. The Bertz CT molecular complexity index is 888. The molecule has 0 radical (unpaired) electrons. The third kappa shape index (κ3) is 3.93. The first-order chi connectivity index (χ1) is 12.1. The number of hydrogen-bond acceptors (Lipinski definition) is 6. The number of benzene rings is 1. The standard InChI is InChI=1S/C18H21N5OS/c1-12(2)5-4-10-23-17-15(16(19)20-11-21-17)22-18(23)25-14-8-6-13(24-3)7-9-14/h6-9,11H,1,4-5,10H2,2-3H3,(H2,19,20,21). The molecule has 0 saturated heterocycles. The number of aryl methyl sites for hydroxylation is 1. The molecule has 2 heterocycles. The molecule has 0 saturated carbocycles. The Hall–Kier alpha value is -2.54. The summed E-state index contributed by atoms with van der Waals surface area (Å²) in [6.45, 7) is 6.81. The Kier molecular flexibility index (Phi) is 5.23. The lowest BCUT2D eigenvalue weighted by molar-refractivity contribution is 0.414. The topological polar surface area (TPSA) is 78.9 Å². The fourth-order valence-electron chi connectivity index (χ4n) is 2.50. The smallest absolute Gasteiger partial charge is 0.175 e. The van der Waals surface area contributed by atoms with Crippen LogP contribution in [0.25, 0.3) is 11.2 Å². The first kappa shape index (κ1) is 17.3. The molecule has 0 aliphatic heterocycles. The van der Waals surface area contributed by atoms with Crippen LogP contribution in [0.4, 0.5) is 5.82 Å². The van der Waals surface area contributed by atoms with E-state index in [0.717, 1.165) is 40.8 Å². The second kappa shape index (κ2) is 7.57. The predicted octanol–water partition coefficient (Wildman–Crippen LogP) is 3.92. The molecule has 0 atom stereocenters. The van der Waals surface area contributed by atoms with Crippen molar-refractivity contribution in [2.75, 3.05) is 12.8 Å². The maximum atomic E-state index is 5.98. The lowest BCUT2D eigenvalue weighted by atomic mass is 10.2. The first-order valence-corrected chi connectivity index (χ1v) is 8.83. The molecule has 6 nitrogen and oxygen atoms in total. The molecule has 0 fully saturated rings. The van der Waals surface area contributed by atoms with E-state index in [9.17, 15) is 0 Å². The molecule has 25 heavy (non-hydrogen) atoms. The zero-order valence-corrected chi connectivity index (χ0v) is 15.2. The summed E-state index contributed by atoms with van der Waals surface area (Å²) in [5.74, 6) is 1.23. The van der Waals surface area contributed by atoms with Crippen molar-refractivity contribution < 1.29 is 4.74 Å². The van der Waals surface area contributed by atoms with Crippen molar-refractivity contribution in [2.24, 2.45) is 0 Å². The summed E-state index contributed by atoms with van der Waals surface area (Å²) in [5.41, 5.74) is 8.56. The molecule has 0 spiro atoms. The Balaban J connectivity index is 1.93. The number of rotatable bonds is 7. The van der Waals surface area contributed by atoms with Crippen molar-refractivity contribution >= 4 is 28.7 Å². The minimum atomic E-state index is 0.403. The fraction of sp³-hybridized carbons (Fsp3) is 0.278. The number of nitrogens with two attached hydrogens (primary N) is 1. The highest BCUT2D eigenvalue weighted by Crippen LogP contribution is 2.32. The number of nitrogen functional groups attached to an aromatic ring is 1. The zero-order valence-electron chi connectivity index (χ0n) is 14.4. The number of aromatic nitrogens is 4. The van der Waals surface area contributed by atoms with E-state index in [1.165, 1.54) is 11.9 Å². The molecular formula is C18H21N5OS. The fourth-order valence-corrected chi connectivity index (χ4v) is 3.41. The predicted molar refractivity (Wildman–Crippen MR) is 101 cm³/mol.